The summed E-state index contributed by atoms with van der Waals surface area (Å²) in [6.07, 6.45) is -1.55. The van der Waals surface area contributed by atoms with Crippen LogP contribution in [-0.4, -0.2) is 39.5 Å². The van der Waals surface area contributed by atoms with Crippen LogP contribution in [0.4, 0.5) is 10.1 Å². The molecule has 0 saturated carbocycles. The Morgan fingerprint density at radius 1 is 0.725 bits per heavy atom. The van der Waals surface area contributed by atoms with Crippen LogP contribution in [0.15, 0.2) is 102 Å². The van der Waals surface area contributed by atoms with Gasteiger partial charge in [0.05, 0.1) is 39.3 Å². The second kappa shape index (κ2) is 9.32. The first-order chi connectivity index (χ1) is 19.5. The number of anilines is 1. The lowest BCUT2D eigenvalue weighted by Crippen LogP contribution is -2.49. The summed E-state index contributed by atoms with van der Waals surface area (Å²) < 4.78 is 16.2. The number of nitrogens with zero attached hydrogens (tertiary/aromatic N) is 4. The van der Waals surface area contributed by atoms with Gasteiger partial charge in [-0.05, 0) is 42.5 Å². The van der Waals surface area contributed by atoms with Crippen molar-refractivity contribution >= 4 is 50.7 Å². The summed E-state index contributed by atoms with van der Waals surface area (Å²) in [7, 11) is 0. The fourth-order valence-corrected chi connectivity index (χ4v) is 6.12. The SMILES string of the molecule is O=C1C(N2C(=O)c3ccccc3C2=O)N=C(c2ccccc2F)c2ccccc2N1Cc1nc2ccccc2s1. The normalized spacial score (nSPS) is 16.7. The lowest BCUT2D eigenvalue weighted by molar-refractivity contribution is -0.122. The molecular weight excluding hydrogens is 527 g/mol. The monoisotopic (exact) mass is 546 g/mol. The summed E-state index contributed by atoms with van der Waals surface area (Å²) in [6, 6.07) is 27.2. The first-order valence-corrected chi connectivity index (χ1v) is 13.4. The number of carbonyl (C=O) groups is 3. The molecule has 9 heteroatoms. The van der Waals surface area contributed by atoms with Gasteiger partial charge in [-0.2, -0.15) is 0 Å². The molecule has 7 rings (SSSR count). The molecule has 0 spiro atoms. The summed E-state index contributed by atoms with van der Waals surface area (Å²) in [5.41, 5.74) is 2.51. The number of hydrogen-bond acceptors (Lipinski definition) is 6. The fraction of sp³-hybridized carbons (Fsp3) is 0.0645. The molecule has 3 amide bonds. The smallest absolute Gasteiger partial charge is 0.273 e. The Morgan fingerprint density at radius 2 is 1.32 bits per heavy atom. The molecule has 7 nitrogen and oxygen atoms in total. The van der Waals surface area contributed by atoms with Crippen LogP contribution in [0.2, 0.25) is 0 Å². The third-order valence-electron chi connectivity index (χ3n) is 7.02. The predicted molar refractivity (Wildman–Crippen MR) is 150 cm³/mol. The summed E-state index contributed by atoms with van der Waals surface area (Å²) in [4.78, 5) is 53.1. The molecule has 0 bridgehead atoms. The molecule has 1 unspecified atom stereocenters. The van der Waals surface area contributed by atoms with E-state index in [9.17, 15) is 14.4 Å². The van der Waals surface area contributed by atoms with Crippen LogP contribution in [0.1, 0.15) is 36.9 Å². The van der Waals surface area contributed by atoms with E-state index in [1.165, 1.54) is 22.3 Å². The minimum absolute atomic E-state index is 0.0783. The maximum atomic E-state index is 15.2. The van der Waals surface area contributed by atoms with E-state index in [1.54, 1.807) is 66.7 Å². The number of benzene rings is 4. The summed E-state index contributed by atoms with van der Waals surface area (Å²) in [6.45, 7) is 0.0783. The number of aromatic nitrogens is 1. The number of amides is 3. The van der Waals surface area contributed by atoms with Crippen LogP contribution in [0.3, 0.4) is 0 Å². The Kier molecular flexibility index (Phi) is 5.60. The van der Waals surface area contributed by atoms with Crippen molar-refractivity contribution in [1.82, 2.24) is 9.88 Å². The van der Waals surface area contributed by atoms with E-state index in [4.69, 9.17) is 4.98 Å². The number of rotatable bonds is 4. The highest BCUT2D eigenvalue weighted by atomic mass is 32.1. The highest BCUT2D eigenvalue weighted by molar-refractivity contribution is 7.18. The van der Waals surface area contributed by atoms with Gasteiger partial charge in [-0.3, -0.25) is 14.4 Å². The fourth-order valence-electron chi connectivity index (χ4n) is 5.17. The number of imide groups is 1. The Balaban J connectivity index is 1.42. The lowest BCUT2D eigenvalue weighted by Gasteiger charge is -2.27. The van der Waals surface area contributed by atoms with Crippen molar-refractivity contribution in [2.45, 2.75) is 12.7 Å². The molecule has 5 aromatic rings. The van der Waals surface area contributed by atoms with E-state index in [-0.39, 0.29) is 28.9 Å². The number of halogens is 1. The van der Waals surface area contributed by atoms with Gasteiger partial charge >= 0.3 is 0 Å². The maximum Gasteiger partial charge on any atom is 0.273 e. The zero-order valence-electron chi connectivity index (χ0n) is 20.8. The van der Waals surface area contributed by atoms with Gasteiger partial charge in [-0.15, -0.1) is 11.3 Å². The third-order valence-corrected chi connectivity index (χ3v) is 8.04. The predicted octanol–water partition coefficient (Wildman–Crippen LogP) is 5.44. The molecule has 1 aromatic heterocycles. The average molecular weight is 547 g/mol. The van der Waals surface area contributed by atoms with Crippen LogP contribution in [0.5, 0.6) is 0 Å². The highest BCUT2D eigenvalue weighted by Crippen LogP contribution is 2.35. The lowest BCUT2D eigenvalue weighted by atomic mass is 10.00. The van der Waals surface area contributed by atoms with Crippen LogP contribution in [0, 0.1) is 5.82 Å². The molecule has 0 saturated heterocycles. The van der Waals surface area contributed by atoms with Crippen molar-refractivity contribution in [2.24, 2.45) is 4.99 Å². The standard InChI is InChI=1S/C31H19FN4O3S/c32-22-13-5-3-11-20(22)27-21-12-4-7-15-24(21)35(17-26-33-23-14-6-8-16-25(23)40-26)31(39)28(34-27)36-29(37)18-9-1-2-10-19(18)30(36)38/h1-16,28H,17H2. The van der Waals surface area contributed by atoms with E-state index in [0.29, 0.717) is 16.3 Å². The van der Waals surface area contributed by atoms with E-state index in [2.05, 4.69) is 4.99 Å². The van der Waals surface area contributed by atoms with E-state index < -0.39 is 29.7 Å². The van der Waals surface area contributed by atoms with Crippen LogP contribution < -0.4 is 4.90 Å². The summed E-state index contributed by atoms with van der Waals surface area (Å²) >= 11 is 1.45. The number of benzodiazepines with no additional fused rings is 1. The topological polar surface area (TPSA) is 82.9 Å². The van der Waals surface area contributed by atoms with Gasteiger partial charge in [0.2, 0.25) is 6.17 Å². The van der Waals surface area contributed by atoms with Gasteiger partial charge in [0.15, 0.2) is 0 Å². The van der Waals surface area contributed by atoms with Gasteiger partial charge in [-0.1, -0.05) is 54.6 Å². The Labute approximate surface area is 231 Å². The third kappa shape index (κ3) is 3.74. The molecule has 2 aliphatic rings. The van der Waals surface area contributed by atoms with Crippen molar-refractivity contribution in [1.29, 1.82) is 0 Å². The zero-order chi connectivity index (χ0) is 27.4. The number of para-hydroxylation sites is 2. The van der Waals surface area contributed by atoms with Gasteiger partial charge in [0, 0.05) is 11.1 Å². The van der Waals surface area contributed by atoms with Gasteiger partial charge in [0.25, 0.3) is 17.7 Å². The van der Waals surface area contributed by atoms with Crippen molar-refractivity contribution < 1.29 is 18.8 Å². The molecule has 40 heavy (non-hydrogen) atoms. The molecule has 0 fully saturated rings. The Bertz CT molecular complexity index is 1830. The molecule has 3 heterocycles. The molecule has 0 aliphatic carbocycles. The van der Waals surface area contributed by atoms with Crippen LogP contribution in [0.25, 0.3) is 10.2 Å². The summed E-state index contributed by atoms with van der Waals surface area (Å²) in [5.74, 6) is -2.38. The van der Waals surface area contributed by atoms with Crippen molar-refractivity contribution in [3.8, 4) is 0 Å². The quantitative estimate of drug-likeness (QED) is 0.281. The molecule has 0 N–H and O–H groups in total. The minimum Gasteiger partial charge on any atom is -0.301 e. The van der Waals surface area contributed by atoms with Crippen molar-refractivity contribution in [3.05, 3.63) is 130 Å². The first kappa shape index (κ1) is 24.1. The van der Waals surface area contributed by atoms with Gasteiger partial charge in [-0.25, -0.2) is 19.3 Å². The average Bonchev–Trinajstić information content (AvgIpc) is 3.47. The largest absolute Gasteiger partial charge is 0.301 e. The maximum absolute atomic E-state index is 15.2. The Hall–Kier alpha value is -5.02. The second-order valence-corrected chi connectivity index (χ2v) is 10.5. The number of fused-ring (bicyclic) bond motifs is 3. The van der Waals surface area contributed by atoms with E-state index in [1.807, 2.05) is 24.3 Å². The van der Waals surface area contributed by atoms with Crippen molar-refractivity contribution in [3.63, 3.8) is 0 Å². The highest BCUT2D eigenvalue weighted by Gasteiger charge is 2.46. The number of aliphatic imine (C=N–C) groups is 1. The van der Waals surface area contributed by atoms with Crippen LogP contribution >= 0.6 is 11.3 Å². The second-order valence-electron chi connectivity index (χ2n) is 9.37. The molecule has 0 radical (unpaired) electrons. The molecule has 1 atom stereocenters. The zero-order valence-corrected chi connectivity index (χ0v) is 21.6. The first-order valence-electron chi connectivity index (χ1n) is 12.6. The van der Waals surface area contributed by atoms with E-state index in [0.717, 1.165) is 15.1 Å². The van der Waals surface area contributed by atoms with Gasteiger partial charge in [0.1, 0.15) is 10.8 Å². The summed E-state index contributed by atoms with van der Waals surface area (Å²) in [5, 5.41) is 0.666. The van der Waals surface area contributed by atoms with Gasteiger partial charge < -0.3 is 4.90 Å². The molecule has 2 aliphatic heterocycles. The molecular formula is C31H19FN4O3S. The van der Waals surface area contributed by atoms with E-state index >= 15 is 4.39 Å². The number of thiazole rings is 1. The number of carbonyl (C=O) groups excluding carboxylic acids is 3. The molecule has 194 valence electrons. The molecule has 4 aromatic carbocycles. The van der Waals surface area contributed by atoms with Crippen molar-refractivity contribution in [2.75, 3.05) is 4.90 Å². The number of hydrogen-bond donors (Lipinski definition) is 0. The minimum atomic E-state index is -1.55. The van der Waals surface area contributed by atoms with Crippen LogP contribution in [-0.2, 0) is 11.3 Å². The Morgan fingerprint density at radius 3 is 2.02 bits per heavy atom.